The van der Waals surface area contributed by atoms with Gasteiger partial charge in [0.25, 0.3) is 0 Å². The number of aliphatic hydroxyl groups is 1. The van der Waals surface area contributed by atoms with Gasteiger partial charge in [-0.15, -0.1) is 0 Å². The number of fused-ring (bicyclic) bond motifs is 3. The van der Waals surface area contributed by atoms with Gasteiger partial charge in [-0.3, -0.25) is 9.69 Å². The van der Waals surface area contributed by atoms with E-state index >= 15 is 0 Å². The molecule has 4 nitrogen and oxygen atoms in total. The van der Waals surface area contributed by atoms with Gasteiger partial charge in [0.05, 0.1) is 13.2 Å². The van der Waals surface area contributed by atoms with Gasteiger partial charge in [0.15, 0.2) is 5.78 Å². The Kier molecular flexibility index (Phi) is 4.39. The normalized spacial score (nSPS) is 40.1. The first kappa shape index (κ1) is 16.7. The molecule has 5 atom stereocenters. The third kappa shape index (κ3) is 2.49. The number of hydrogen-bond acceptors (Lipinski definition) is 4. The molecule has 0 amide bonds. The summed E-state index contributed by atoms with van der Waals surface area (Å²) in [6.07, 6.45) is -4.20. The summed E-state index contributed by atoms with van der Waals surface area (Å²) in [5, 5.41) is 9.74. The number of methoxy groups -OCH3 is 1. The lowest BCUT2D eigenvalue weighted by Crippen LogP contribution is -2.77. The van der Waals surface area contributed by atoms with E-state index in [9.17, 15) is 23.1 Å². The minimum atomic E-state index is -4.42. The summed E-state index contributed by atoms with van der Waals surface area (Å²) in [4.78, 5) is 13.7. The second-order valence-electron chi connectivity index (χ2n) is 6.43. The van der Waals surface area contributed by atoms with Crippen molar-refractivity contribution >= 4 is 5.78 Å². The zero-order chi connectivity index (χ0) is 16.0. The highest BCUT2D eigenvalue weighted by Crippen LogP contribution is 2.49. The molecule has 0 spiro atoms. The van der Waals surface area contributed by atoms with Gasteiger partial charge in [0, 0.05) is 19.1 Å². The Bertz CT molecular complexity index is 413. The monoisotopic (exact) mass is 309 g/mol. The number of nitrogens with zero attached hydrogens (tertiary/aromatic N) is 1. The molecule has 0 radical (unpaired) electrons. The zero-order valence-electron chi connectivity index (χ0n) is 12.5. The first-order chi connectivity index (χ1) is 9.69. The second kappa shape index (κ2) is 5.52. The predicted molar refractivity (Wildman–Crippen MR) is 69.7 cm³/mol. The van der Waals surface area contributed by atoms with E-state index in [4.69, 9.17) is 4.74 Å². The molecule has 21 heavy (non-hydrogen) atoms. The van der Waals surface area contributed by atoms with Crippen molar-refractivity contribution in [2.75, 3.05) is 20.3 Å². The minimum Gasteiger partial charge on any atom is -0.394 e. The van der Waals surface area contributed by atoms with Crippen LogP contribution < -0.4 is 0 Å². The standard InChI is InChI=1S/C14H22F3NO3/c1-8(2)10-4-9-5-11(14(15,16)17)18(10)13(6-19,7-21-3)12(9)20/h8-11,19H,4-7H2,1-3H3/t9-,10+,11-,13+/m1/s1. The summed E-state index contributed by atoms with van der Waals surface area (Å²) in [5.41, 5.74) is -1.56. The summed E-state index contributed by atoms with van der Waals surface area (Å²) in [5.74, 6) is -1.01. The molecule has 3 rings (SSSR count). The maximum absolute atomic E-state index is 13.4. The highest BCUT2D eigenvalue weighted by atomic mass is 19.4. The Morgan fingerprint density at radius 2 is 2.05 bits per heavy atom. The minimum absolute atomic E-state index is 0.0338. The van der Waals surface area contributed by atoms with Crippen LogP contribution in [0.5, 0.6) is 0 Å². The first-order valence-electron chi connectivity index (χ1n) is 7.18. The van der Waals surface area contributed by atoms with Crippen molar-refractivity contribution in [3.63, 3.8) is 0 Å². The van der Waals surface area contributed by atoms with Gasteiger partial charge in [-0.2, -0.15) is 13.2 Å². The highest BCUT2D eigenvalue weighted by molar-refractivity contribution is 5.93. The van der Waals surface area contributed by atoms with E-state index in [-0.39, 0.29) is 30.8 Å². The highest BCUT2D eigenvalue weighted by Gasteiger charge is 2.65. The summed E-state index contributed by atoms with van der Waals surface area (Å²) in [7, 11) is 1.33. The molecule has 0 aliphatic carbocycles. The number of aliphatic hydroxyl groups excluding tert-OH is 1. The zero-order valence-corrected chi connectivity index (χ0v) is 12.5. The van der Waals surface area contributed by atoms with Crippen molar-refractivity contribution in [1.29, 1.82) is 0 Å². The maximum Gasteiger partial charge on any atom is 0.404 e. The number of halogens is 3. The Morgan fingerprint density at radius 1 is 1.43 bits per heavy atom. The molecule has 0 aromatic rings. The van der Waals surface area contributed by atoms with E-state index < -0.39 is 30.3 Å². The van der Waals surface area contributed by atoms with E-state index in [1.807, 2.05) is 13.8 Å². The molecule has 1 N–H and O–H groups in total. The molecule has 0 aromatic carbocycles. The fraction of sp³-hybridized carbons (Fsp3) is 0.929. The van der Waals surface area contributed by atoms with Crippen LogP contribution in [0, 0.1) is 11.8 Å². The number of piperidine rings is 3. The van der Waals surface area contributed by atoms with Gasteiger partial charge in [-0.25, -0.2) is 0 Å². The molecule has 3 aliphatic heterocycles. The number of carbonyl (C=O) groups excluding carboxylic acids is 1. The number of ether oxygens (including phenoxy) is 1. The van der Waals surface area contributed by atoms with Crippen molar-refractivity contribution < 1.29 is 27.8 Å². The fourth-order valence-electron chi connectivity index (χ4n) is 3.93. The van der Waals surface area contributed by atoms with Crippen molar-refractivity contribution in [2.24, 2.45) is 11.8 Å². The third-order valence-corrected chi connectivity index (χ3v) is 4.84. The number of rotatable bonds is 4. The number of hydrogen-bond donors (Lipinski definition) is 1. The Balaban J connectivity index is 2.51. The SMILES string of the molecule is COC[C@@]1(CO)C(=O)[C@@H]2C[C@@H](C(C)C)N1[C@@H](C(F)(F)F)C2. The molecule has 122 valence electrons. The van der Waals surface area contributed by atoms with Crippen LogP contribution in [-0.2, 0) is 9.53 Å². The van der Waals surface area contributed by atoms with Crippen LogP contribution in [-0.4, -0.2) is 59.9 Å². The summed E-state index contributed by atoms with van der Waals surface area (Å²) >= 11 is 0. The smallest absolute Gasteiger partial charge is 0.394 e. The number of ketones is 1. The summed E-state index contributed by atoms with van der Waals surface area (Å²) in [6.45, 7) is 2.83. The lowest BCUT2D eigenvalue weighted by Gasteiger charge is -2.60. The van der Waals surface area contributed by atoms with Gasteiger partial charge in [0.1, 0.15) is 11.6 Å². The third-order valence-electron chi connectivity index (χ3n) is 4.84. The Labute approximate surface area is 122 Å². The van der Waals surface area contributed by atoms with E-state index in [1.54, 1.807) is 0 Å². The average Bonchev–Trinajstić information content (AvgIpc) is 2.41. The molecule has 0 aromatic heterocycles. The summed E-state index contributed by atoms with van der Waals surface area (Å²) < 4.78 is 45.2. The summed E-state index contributed by atoms with van der Waals surface area (Å²) in [6, 6.07) is -2.07. The largest absolute Gasteiger partial charge is 0.404 e. The van der Waals surface area contributed by atoms with E-state index in [0.29, 0.717) is 6.42 Å². The first-order valence-corrected chi connectivity index (χ1v) is 7.18. The van der Waals surface area contributed by atoms with Gasteiger partial charge >= 0.3 is 6.18 Å². The fourth-order valence-corrected chi connectivity index (χ4v) is 3.93. The van der Waals surface area contributed by atoms with Crippen molar-refractivity contribution in [3.8, 4) is 0 Å². The molecule has 3 saturated heterocycles. The van der Waals surface area contributed by atoms with Crippen LogP contribution in [0.15, 0.2) is 0 Å². The van der Waals surface area contributed by atoms with Crippen LogP contribution in [0.2, 0.25) is 0 Å². The van der Waals surface area contributed by atoms with Gasteiger partial charge in [-0.05, 0) is 18.8 Å². The predicted octanol–water partition coefficient (Wildman–Crippen LogP) is 1.61. The quantitative estimate of drug-likeness (QED) is 0.857. The molecular weight excluding hydrogens is 287 g/mol. The molecule has 2 bridgehead atoms. The van der Waals surface area contributed by atoms with Crippen LogP contribution in [0.4, 0.5) is 13.2 Å². The topological polar surface area (TPSA) is 49.8 Å². The molecule has 3 fully saturated rings. The number of carbonyl (C=O) groups is 1. The molecule has 0 saturated carbocycles. The molecule has 7 heteroatoms. The Morgan fingerprint density at radius 3 is 2.48 bits per heavy atom. The van der Waals surface area contributed by atoms with Crippen molar-refractivity contribution in [3.05, 3.63) is 0 Å². The van der Waals surface area contributed by atoms with Crippen LogP contribution in [0.25, 0.3) is 0 Å². The maximum atomic E-state index is 13.4. The van der Waals surface area contributed by atoms with Crippen LogP contribution in [0.1, 0.15) is 26.7 Å². The molecule has 1 unspecified atom stereocenters. The lowest BCUT2D eigenvalue weighted by atomic mass is 9.66. The van der Waals surface area contributed by atoms with E-state index in [1.165, 1.54) is 12.0 Å². The van der Waals surface area contributed by atoms with Crippen LogP contribution >= 0.6 is 0 Å². The Hall–Kier alpha value is -0.660. The molecule has 3 heterocycles. The van der Waals surface area contributed by atoms with Crippen LogP contribution in [0.3, 0.4) is 0 Å². The van der Waals surface area contributed by atoms with Gasteiger partial charge in [-0.1, -0.05) is 13.8 Å². The van der Waals surface area contributed by atoms with Gasteiger partial charge in [0.2, 0.25) is 0 Å². The second-order valence-corrected chi connectivity index (χ2v) is 6.43. The molecule has 3 aliphatic rings. The van der Waals surface area contributed by atoms with Crippen molar-refractivity contribution in [1.82, 2.24) is 4.90 Å². The van der Waals surface area contributed by atoms with E-state index in [2.05, 4.69) is 0 Å². The van der Waals surface area contributed by atoms with Gasteiger partial charge < -0.3 is 9.84 Å². The van der Waals surface area contributed by atoms with E-state index in [0.717, 1.165) is 0 Å². The number of alkyl halides is 3. The molecular formula is C14H22F3NO3. The average molecular weight is 309 g/mol. The number of Topliss-reactive ketones (excluding diaryl/α,β-unsaturated/α-hetero) is 1. The van der Waals surface area contributed by atoms with Crippen molar-refractivity contribution in [2.45, 2.75) is 50.5 Å². The lowest BCUT2D eigenvalue weighted by molar-refractivity contribution is -0.249.